The van der Waals surface area contributed by atoms with Crippen LogP contribution in [-0.2, 0) is 21.8 Å². The summed E-state index contributed by atoms with van der Waals surface area (Å²) in [5, 5.41) is 2.92. The van der Waals surface area contributed by atoms with Gasteiger partial charge in [0.2, 0.25) is 15.5 Å². The summed E-state index contributed by atoms with van der Waals surface area (Å²) < 4.78 is 34.1. The van der Waals surface area contributed by atoms with Crippen molar-refractivity contribution in [3.05, 3.63) is 40.2 Å². The molecule has 1 aromatic carbocycles. The van der Waals surface area contributed by atoms with Crippen LogP contribution < -0.4 is 10.7 Å². The van der Waals surface area contributed by atoms with Gasteiger partial charge in [-0.2, -0.15) is 4.31 Å². The van der Waals surface area contributed by atoms with E-state index in [1.165, 1.54) is 22.6 Å². The molecule has 0 aliphatic carbocycles. The van der Waals surface area contributed by atoms with Gasteiger partial charge in [-0.25, -0.2) is 8.42 Å². The molecule has 0 saturated heterocycles. The quantitative estimate of drug-likeness (QED) is 0.574. The van der Waals surface area contributed by atoms with Crippen LogP contribution in [0.25, 0.3) is 10.9 Å². The average molecular weight is 438 g/mol. The number of rotatable bonds is 10. The molecule has 2 aromatic rings. The molecule has 1 amide bonds. The number of carbonyl (C=O) groups is 1. The molecule has 30 heavy (non-hydrogen) atoms. The van der Waals surface area contributed by atoms with Crippen LogP contribution in [-0.4, -0.2) is 55.5 Å². The zero-order valence-corrected chi connectivity index (χ0v) is 19.1. The maximum atomic E-state index is 13.0. The molecule has 1 aromatic heterocycles. The number of nitrogens with one attached hydrogen (secondary N) is 1. The highest BCUT2D eigenvalue weighted by molar-refractivity contribution is 7.89. The fourth-order valence-corrected chi connectivity index (χ4v) is 4.68. The van der Waals surface area contributed by atoms with Crippen LogP contribution in [0.4, 0.5) is 0 Å². The number of nitrogens with zero attached hydrogens (tertiary/aromatic N) is 2. The van der Waals surface area contributed by atoms with E-state index in [-0.39, 0.29) is 21.9 Å². The van der Waals surface area contributed by atoms with E-state index in [0.717, 1.165) is 0 Å². The fourth-order valence-electron chi connectivity index (χ4n) is 3.19. The highest BCUT2D eigenvalue weighted by Gasteiger charge is 2.23. The number of amides is 1. The molecular weight excluding hydrogens is 406 g/mol. The maximum Gasteiger partial charge on any atom is 0.256 e. The summed E-state index contributed by atoms with van der Waals surface area (Å²) in [4.78, 5) is 25.6. The topological polar surface area (TPSA) is 97.7 Å². The summed E-state index contributed by atoms with van der Waals surface area (Å²) in [7, 11) is -2.00. The average Bonchev–Trinajstić information content (AvgIpc) is 2.70. The van der Waals surface area contributed by atoms with Crippen molar-refractivity contribution in [2.24, 2.45) is 7.05 Å². The number of aromatic nitrogens is 1. The van der Waals surface area contributed by atoms with Crippen molar-refractivity contribution in [1.29, 1.82) is 0 Å². The standard InChI is InChI=1S/C21H31N3O5S/c1-6-24(7-2)30(27,28)16-9-10-19-17(13-16)20(25)18(14-23(19)5)21(26)22-11-8-12-29-15(3)4/h9-10,13-15H,6-8,11-12H2,1-5H3,(H,22,26). The van der Waals surface area contributed by atoms with Gasteiger partial charge in [0.05, 0.1) is 16.5 Å². The Labute approximate surface area is 177 Å². The van der Waals surface area contributed by atoms with Crippen LogP contribution in [0.2, 0.25) is 0 Å². The summed E-state index contributed by atoms with van der Waals surface area (Å²) in [6.07, 6.45) is 2.23. The Morgan fingerprint density at radius 2 is 1.90 bits per heavy atom. The molecule has 1 N–H and O–H groups in total. The van der Waals surface area contributed by atoms with Gasteiger partial charge >= 0.3 is 0 Å². The van der Waals surface area contributed by atoms with E-state index in [2.05, 4.69) is 5.32 Å². The summed E-state index contributed by atoms with van der Waals surface area (Å²) in [6.45, 7) is 8.95. The minimum absolute atomic E-state index is 0.0211. The molecule has 0 radical (unpaired) electrons. The Morgan fingerprint density at radius 3 is 2.50 bits per heavy atom. The van der Waals surface area contributed by atoms with Gasteiger partial charge in [-0.1, -0.05) is 13.8 Å². The Hall–Kier alpha value is -2.23. The number of ether oxygens (including phenoxy) is 1. The van der Waals surface area contributed by atoms with Gasteiger partial charge in [0.15, 0.2) is 0 Å². The van der Waals surface area contributed by atoms with Crippen LogP contribution >= 0.6 is 0 Å². The first-order chi connectivity index (χ1) is 14.1. The summed E-state index contributed by atoms with van der Waals surface area (Å²) >= 11 is 0. The first kappa shape index (κ1) is 24.0. The van der Waals surface area contributed by atoms with Crippen molar-refractivity contribution in [1.82, 2.24) is 14.2 Å². The molecule has 2 rings (SSSR count). The first-order valence-electron chi connectivity index (χ1n) is 10.2. The number of benzene rings is 1. The number of sulfonamides is 1. The van der Waals surface area contributed by atoms with E-state index in [9.17, 15) is 18.0 Å². The van der Waals surface area contributed by atoms with Gasteiger partial charge in [0.25, 0.3) is 5.91 Å². The van der Waals surface area contributed by atoms with E-state index in [4.69, 9.17) is 4.74 Å². The van der Waals surface area contributed by atoms with E-state index in [1.807, 2.05) is 13.8 Å². The van der Waals surface area contributed by atoms with E-state index >= 15 is 0 Å². The van der Waals surface area contributed by atoms with Crippen molar-refractivity contribution in [3.8, 4) is 0 Å². The molecule has 0 unspecified atom stereocenters. The Kier molecular flexibility index (Phi) is 8.17. The molecule has 0 bridgehead atoms. The van der Waals surface area contributed by atoms with Crippen LogP contribution in [0.3, 0.4) is 0 Å². The zero-order valence-electron chi connectivity index (χ0n) is 18.3. The molecule has 9 heteroatoms. The third-order valence-electron chi connectivity index (χ3n) is 4.81. The third kappa shape index (κ3) is 5.27. The lowest BCUT2D eigenvalue weighted by atomic mass is 10.1. The van der Waals surface area contributed by atoms with E-state index in [0.29, 0.717) is 38.2 Å². The number of hydrogen-bond acceptors (Lipinski definition) is 5. The number of hydrogen-bond donors (Lipinski definition) is 1. The Bertz CT molecular complexity index is 1060. The van der Waals surface area contributed by atoms with Crippen LogP contribution in [0, 0.1) is 0 Å². The van der Waals surface area contributed by atoms with Gasteiger partial charge < -0.3 is 14.6 Å². The lowest BCUT2D eigenvalue weighted by Crippen LogP contribution is -2.32. The van der Waals surface area contributed by atoms with Crippen molar-refractivity contribution >= 4 is 26.8 Å². The minimum Gasteiger partial charge on any atom is -0.379 e. The molecule has 166 valence electrons. The third-order valence-corrected chi connectivity index (χ3v) is 6.85. The predicted octanol–water partition coefficient (Wildman–Crippen LogP) is 2.11. The second-order valence-corrected chi connectivity index (χ2v) is 9.22. The number of aryl methyl sites for hydroxylation is 1. The largest absolute Gasteiger partial charge is 0.379 e. The molecule has 1 heterocycles. The Morgan fingerprint density at radius 1 is 1.23 bits per heavy atom. The molecule has 0 spiro atoms. The Balaban J connectivity index is 2.36. The maximum absolute atomic E-state index is 13.0. The van der Waals surface area contributed by atoms with Crippen LogP contribution in [0.5, 0.6) is 0 Å². The van der Waals surface area contributed by atoms with Crippen LogP contribution in [0.15, 0.2) is 34.1 Å². The molecule has 8 nitrogen and oxygen atoms in total. The monoisotopic (exact) mass is 437 g/mol. The molecule has 0 fully saturated rings. The van der Waals surface area contributed by atoms with Gasteiger partial charge in [-0.05, 0) is 38.5 Å². The number of fused-ring (bicyclic) bond motifs is 1. The molecule has 0 aliphatic rings. The summed E-state index contributed by atoms with van der Waals surface area (Å²) in [6, 6.07) is 4.44. The number of carbonyl (C=O) groups excluding carboxylic acids is 1. The lowest BCUT2D eigenvalue weighted by Gasteiger charge is -2.19. The van der Waals surface area contributed by atoms with Crippen molar-refractivity contribution < 1.29 is 17.9 Å². The van der Waals surface area contributed by atoms with Crippen LogP contribution in [0.1, 0.15) is 44.5 Å². The van der Waals surface area contributed by atoms with Gasteiger partial charge in [0, 0.05) is 44.9 Å². The molecular formula is C21H31N3O5S. The van der Waals surface area contributed by atoms with Crippen molar-refractivity contribution in [2.75, 3.05) is 26.2 Å². The zero-order chi connectivity index (χ0) is 22.5. The van der Waals surface area contributed by atoms with Gasteiger partial charge in [-0.15, -0.1) is 0 Å². The molecule has 0 atom stereocenters. The molecule has 0 saturated carbocycles. The smallest absolute Gasteiger partial charge is 0.256 e. The second kappa shape index (κ2) is 10.2. The van der Waals surface area contributed by atoms with E-state index < -0.39 is 21.4 Å². The summed E-state index contributed by atoms with van der Waals surface area (Å²) in [5.74, 6) is -0.487. The molecule has 0 aliphatic heterocycles. The van der Waals surface area contributed by atoms with Gasteiger partial charge in [-0.3, -0.25) is 9.59 Å². The fraction of sp³-hybridized carbons (Fsp3) is 0.524. The van der Waals surface area contributed by atoms with Gasteiger partial charge in [0.1, 0.15) is 5.56 Å². The van der Waals surface area contributed by atoms with E-state index in [1.54, 1.807) is 31.5 Å². The minimum atomic E-state index is -3.71. The normalized spacial score (nSPS) is 12.1. The van der Waals surface area contributed by atoms with Crippen molar-refractivity contribution in [3.63, 3.8) is 0 Å². The highest BCUT2D eigenvalue weighted by atomic mass is 32.2. The second-order valence-electron chi connectivity index (χ2n) is 7.28. The SMILES string of the molecule is CCN(CC)S(=O)(=O)c1ccc2c(c1)c(=O)c(C(=O)NCCCOC(C)C)cn2C. The summed E-state index contributed by atoms with van der Waals surface area (Å²) in [5.41, 5.74) is 0.0446. The lowest BCUT2D eigenvalue weighted by molar-refractivity contribution is 0.0757. The van der Waals surface area contributed by atoms with Crippen molar-refractivity contribution in [2.45, 2.75) is 45.1 Å². The first-order valence-corrected chi connectivity index (χ1v) is 11.6. The highest BCUT2D eigenvalue weighted by Crippen LogP contribution is 2.20. The predicted molar refractivity (Wildman–Crippen MR) is 117 cm³/mol. The number of pyridine rings is 1.